The second kappa shape index (κ2) is 6.35. The second-order valence-electron chi connectivity index (χ2n) is 6.81. The molecule has 4 nitrogen and oxygen atoms in total. The van der Waals surface area contributed by atoms with Gasteiger partial charge in [0.15, 0.2) is 0 Å². The lowest BCUT2D eigenvalue weighted by atomic mass is 10.0. The van der Waals surface area contributed by atoms with E-state index in [1.165, 1.54) is 0 Å². The molecule has 0 spiro atoms. The van der Waals surface area contributed by atoms with Crippen molar-refractivity contribution < 1.29 is 10.2 Å². The Morgan fingerprint density at radius 1 is 0.607 bits per heavy atom. The number of hydrogen-bond acceptors (Lipinski definition) is 4. The zero-order chi connectivity index (χ0) is 19.1. The molecule has 28 heavy (non-hydrogen) atoms. The predicted molar refractivity (Wildman–Crippen MR) is 112 cm³/mol. The number of hydrazine groups is 1. The molecular formula is C24H18N2O2. The van der Waals surface area contributed by atoms with Gasteiger partial charge in [0.05, 0.1) is 5.69 Å². The van der Waals surface area contributed by atoms with Crippen LogP contribution in [-0.2, 0) is 0 Å². The van der Waals surface area contributed by atoms with Crippen molar-refractivity contribution in [3.8, 4) is 22.6 Å². The zero-order valence-electron chi connectivity index (χ0n) is 15.0. The highest BCUT2D eigenvalue weighted by Gasteiger charge is 2.21. The molecule has 0 aromatic heterocycles. The quantitative estimate of drug-likeness (QED) is 0.643. The third-order valence-electron chi connectivity index (χ3n) is 5.00. The van der Waals surface area contributed by atoms with Gasteiger partial charge in [-0.25, -0.2) is 0 Å². The van der Waals surface area contributed by atoms with Crippen LogP contribution in [0.15, 0.2) is 91.4 Å². The number of allylic oxidation sites excluding steroid dienone is 2. The Kier molecular flexibility index (Phi) is 3.69. The number of benzene rings is 3. The minimum atomic E-state index is 0.260. The molecule has 0 unspecified atom stereocenters. The summed E-state index contributed by atoms with van der Waals surface area (Å²) in [5.74, 6) is 0.522. The normalized spacial score (nSPS) is 14.5. The van der Waals surface area contributed by atoms with Gasteiger partial charge in [0.2, 0.25) is 0 Å². The van der Waals surface area contributed by atoms with Crippen molar-refractivity contribution in [3.05, 3.63) is 103 Å². The Labute approximate surface area is 163 Å². The molecule has 2 N–H and O–H groups in total. The lowest BCUT2D eigenvalue weighted by Crippen LogP contribution is -2.34. The Morgan fingerprint density at radius 2 is 1.21 bits per heavy atom. The summed E-state index contributed by atoms with van der Waals surface area (Å²) in [5, 5.41) is 23.2. The van der Waals surface area contributed by atoms with Gasteiger partial charge in [-0.15, -0.1) is 0 Å². The van der Waals surface area contributed by atoms with Gasteiger partial charge in [0, 0.05) is 29.7 Å². The number of phenolic OH excluding ortho intramolecular Hbond substituents is 2. The van der Waals surface area contributed by atoms with E-state index >= 15 is 0 Å². The van der Waals surface area contributed by atoms with Gasteiger partial charge >= 0.3 is 0 Å². The zero-order valence-corrected chi connectivity index (χ0v) is 15.0. The van der Waals surface area contributed by atoms with Gasteiger partial charge < -0.3 is 10.2 Å². The highest BCUT2D eigenvalue weighted by Crippen LogP contribution is 2.36. The Bertz CT molecular complexity index is 1130. The fourth-order valence-corrected chi connectivity index (χ4v) is 3.48. The molecule has 0 saturated carbocycles. The van der Waals surface area contributed by atoms with Gasteiger partial charge in [0.25, 0.3) is 0 Å². The number of rotatable bonds is 2. The summed E-state index contributed by atoms with van der Waals surface area (Å²) in [6, 6.07) is 20.8. The van der Waals surface area contributed by atoms with Gasteiger partial charge in [-0.2, -0.15) is 0 Å². The summed E-state index contributed by atoms with van der Waals surface area (Å²) in [5.41, 5.74) is 6.45. The summed E-state index contributed by atoms with van der Waals surface area (Å²) in [6.07, 6.45) is 10.3. The third-order valence-corrected chi connectivity index (χ3v) is 5.00. The molecule has 3 aromatic rings. The van der Waals surface area contributed by atoms with E-state index in [0.29, 0.717) is 0 Å². The van der Waals surface area contributed by atoms with Gasteiger partial charge in [-0.1, -0.05) is 36.4 Å². The molecule has 0 radical (unpaired) electrons. The van der Waals surface area contributed by atoms with Crippen LogP contribution in [0.5, 0.6) is 11.5 Å². The number of nitrogens with zero attached hydrogens (tertiary/aromatic N) is 2. The largest absolute Gasteiger partial charge is 0.508 e. The summed E-state index contributed by atoms with van der Waals surface area (Å²) in [4.78, 5) is 0. The molecule has 0 atom stereocenters. The number of phenols is 2. The third kappa shape index (κ3) is 2.81. The minimum absolute atomic E-state index is 0.260. The maximum atomic E-state index is 9.55. The van der Waals surface area contributed by atoms with Crippen molar-refractivity contribution >= 4 is 17.3 Å². The van der Waals surface area contributed by atoms with Gasteiger partial charge in [-0.3, -0.25) is 10.0 Å². The maximum absolute atomic E-state index is 9.55. The summed E-state index contributed by atoms with van der Waals surface area (Å²) in [6.45, 7) is 0. The first-order valence-corrected chi connectivity index (χ1v) is 9.06. The molecule has 0 saturated heterocycles. The monoisotopic (exact) mass is 366 g/mol. The topological polar surface area (TPSA) is 46.9 Å². The lowest BCUT2D eigenvalue weighted by Gasteiger charge is -2.37. The van der Waals surface area contributed by atoms with E-state index in [0.717, 1.165) is 33.5 Å². The van der Waals surface area contributed by atoms with E-state index in [1.54, 1.807) is 24.3 Å². The molecule has 4 heteroatoms. The van der Waals surface area contributed by atoms with Crippen molar-refractivity contribution in [1.29, 1.82) is 0 Å². The van der Waals surface area contributed by atoms with Crippen LogP contribution in [0.1, 0.15) is 11.1 Å². The molecule has 0 amide bonds. The Morgan fingerprint density at radius 3 is 1.93 bits per heavy atom. The van der Waals surface area contributed by atoms with E-state index in [-0.39, 0.29) is 11.5 Å². The van der Waals surface area contributed by atoms with E-state index < -0.39 is 0 Å². The van der Waals surface area contributed by atoms with E-state index in [9.17, 15) is 10.2 Å². The second-order valence-corrected chi connectivity index (χ2v) is 6.81. The molecule has 0 bridgehead atoms. The van der Waals surface area contributed by atoms with Crippen molar-refractivity contribution in [1.82, 2.24) is 5.01 Å². The average Bonchev–Trinajstić information content (AvgIpc) is 2.74. The molecule has 0 aliphatic carbocycles. The van der Waals surface area contributed by atoms with Crippen molar-refractivity contribution in [2.45, 2.75) is 0 Å². The van der Waals surface area contributed by atoms with Crippen molar-refractivity contribution in [3.63, 3.8) is 0 Å². The SMILES string of the molecule is Oc1ccc(C2=CN3c4cc(-c5ccc(O)cc5)ccc4C=CN3C=C2)cc1. The standard InChI is InChI=1S/C24H18N2O2/c27-22-7-3-17(4-8-22)20-2-1-19-11-13-25-14-12-21(16-26(25)24(19)15-20)18-5-9-23(28)10-6-18/h1-16,27-28H. The van der Waals surface area contributed by atoms with E-state index in [4.69, 9.17) is 0 Å². The Balaban J connectivity index is 1.57. The number of aromatic hydroxyl groups is 2. The smallest absolute Gasteiger partial charge is 0.115 e. The number of anilines is 1. The number of fused-ring (bicyclic) bond motifs is 3. The number of hydrogen-bond donors (Lipinski definition) is 2. The highest BCUT2D eigenvalue weighted by molar-refractivity contribution is 5.83. The lowest BCUT2D eigenvalue weighted by molar-refractivity contribution is 0.475. The van der Waals surface area contributed by atoms with Crippen LogP contribution in [0.3, 0.4) is 0 Å². The van der Waals surface area contributed by atoms with Crippen LogP contribution in [0, 0.1) is 0 Å². The molecule has 2 heterocycles. The van der Waals surface area contributed by atoms with Crippen LogP contribution >= 0.6 is 0 Å². The molecule has 136 valence electrons. The summed E-state index contributed by atoms with van der Waals surface area (Å²) >= 11 is 0. The molecule has 3 aromatic carbocycles. The van der Waals surface area contributed by atoms with Crippen LogP contribution in [0.4, 0.5) is 5.69 Å². The fraction of sp³-hybridized carbons (Fsp3) is 0. The summed E-state index contributed by atoms with van der Waals surface area (Å²) < 4.78 is 0. The predicted octanol–water partition coefficient (Wildman–Crippen LogP) is 5.34. The molecule has 2 aliphatic heterocycles. The highest BCUT2D eigenvalue weighted by atomic mass is 16.3. The fourth-order valence-electron chi connectivity index (χ4n) is 3.48. The first-order valence-electron chi connectivity index (χ1n) is 9.06. The maximum Gasteiger partial charge on any atom is 0.115 e. The van der Waals surface area contributed by atoms with Crippen molar-refractivity contribution in [2.75, 3.05) is 5.01 Å². The molecule has 2 aliphatic rings. The molecule has 0 fully saturated rings. The first kappa shape index (κ1) is 16.3. The van der Waals surface area contributed by atoms with Crippen LogP contribution in [-0.4, -0.2) is 15.2 Å². The minimum Gasteiger partial charge on any atom is -0.508 e. The van der Waals surface area contributed by atoms with Crippen LogP contribution < -0.4 is 5.01 Å². The first-order chi connectivity index (χ1) is 13.7. The van der Waals surface area contributed by atoms with E-state index in [1.807, 2.05) is 41.7 Å². The average molecular weight is 366 g/mol. The molecular weight excluding hydrogens is 348 g/mol. The van der Waals surface area contributed by atoms with E-state index in [2.05, 4.69) is 41.6 Å². The summed E-state index contributed by atoms with van der Waals surface area (Å²) in [7, 11) is 0. The van der Waals surface area contributed by atoms with Gasteiger partial charge in [0.1, 0.15) is 11.5 Å². The van der Waals surface area contributed by atoms with Crippen LogP contribution in [0.25, 0.3) is 22.8 Å². The van der Waals surface area contributed by atoms with Gasteiger partial charge in [-0.05, 0) is 59.2 Å². The van der Waals surface area contributed by atoms with Crippen LogP contribution in [0.2, 0.25) is 0 Å². The van der Waals surface area contributed by atoms with Crippen molar-refractivity contribution in [2.24, 2.45) is 0 Å². The molecule has 5 rings (SSSR count). The Hall–Kier alpha value is -3.92.